The van der Waals surface area contributed by atoms with Gasteiger partial charge in [-0.2, -0.15) is 0 Å². The highest BCUT2D eigenvalue weighted by molar-refractivity contribution is 5.85. The molecule has 146 valence electrons. The molecule has 1 amide bonds. The molecule has 0 aliphatic carbocycles. The maximum atomic E-state index is 12.2. The van der Waals surface area contributed by atoms with Gasteiger partial charge in [0.1, 0.15) is 24.4 Å². The number of hydrogen-bond donors (Lipinski definition) is 7. The number of ether oxygens (including phenoxy) is 2. The average Bonchev–Trinajstić information content (AvgIpc) is 2.55. The van der Waals surface area contributed by atoms with Gasteiger partial charge in [0.05, 0.1) is 5.54 Å². The highest BCUT2D eigenvalue weighted by atomic mass is 16.7. The molecule has 1 saturated heterocycles. The molecule has 0 radical (unpaired) electrons. The van der Waals surface area contributed by atoms with Crippen molar-refractivity contribution in [2.24, 2.45) is 22.2 Å². The second-order valence-corrected chi connectivity index (χ2v) is 6.29. The Morgan fingerprint density at radius 2 is 1.92 bits per heavy atom. The lowest BCUT2D eigenvalue weighted by Gasteiger charge is -2.40. The van der Waals surface area contributed by atoms with Gasteiger partial charge in [0.2, 0.25) is 5.91 Å². The Bertz CT molecular complexity index is 469. The quantitative estimate of drug-likeness (QED) is 0.129. The van der Waals surface area contributed by atoms with Crippen molar-refractivity contribution in [1.82, 2.24) is 5.32 Å². The number of carbonyl (C=O) groups is 1. The first-order valence-corrected chi connectivity index (χ1v) is 7.95. The normalized spacial score (nSPS) is 31.8. The number of rotatable bonds is 8. The average molecular weight is 363 g/mol. The van der Waals surface area contributed by atoms with Gasteiger partial charge in [0.15, 0.2) is 12.2 Å². The van der Waals surface area contributed by atoms with E-state index < -0.39 is 42.2 Å². The van der Waals surface area contributed by atoms with E-state index in [1.54, 1.807) is 6.92 Å². The van der Waals surface area contributed by atoms with Crippen LogP contribution in [-0.2, 0) is 14.3 Å². The molecule has 1 fully saturated rings. The summed E-state index contributed by atoms with van der Waals surface area (Å²) in [5.74, 6) is -0.484. The molecule has 25 heavy (non-hydrogen) atoms. The number of nitrogens with zero attached hydrogens (tertiary/aromatic N) is 1. The van der Waals surface area contributed by atoms with Crippen LogP contribution in [0.25, 0.3) is 0 Å². The van der Waals surface area contributed by atoms with E-state index in [1.807, 2.05) is 0 Å². The monoisotopic (exact) mass is 363 g/mol. The van der Waals surface area contributed by atoms with E-state index in [0.717, 1.165) is 0 Å². The number of aliphatic hydroxyl groups excluding tert-OH is 3. The van der Waals surface area contributed by atoms with Crippen LogP contribution in [0.4, 0.5) is 0 Å². The number of aliphatic hydroxyl groups is 3. The second kappa shape index (κ2) is 9.27. The van der Waals surface area contributed by atoms with Crippen LogP contribution < -0.4 is 22.5 Å². The molecule has 1 heterocycles. The van der Waals surface area contributed by atoms with Crippen LogP contribution in [0, 0.1) is 0 Å². The molecule has 1 aliphatic rings. The minimum absolute atomic E-state index is 0.0277. The molecule has 0 aromatic heterocycles. The van der Waals surface area contributed by atoms with Crippen molar-refractivity contribution in [2.75, 3.05) is 20.2 Å². The van der Waals surface area contributed by atoms with E-state index in [1.165, 1.54) is 7.11 Å². The molecule has 0 aromatic rings. The van der Waals surface area contributed by atoms with Gasteiger partial charge >= 0.3 is 0 Å². The van der Waals surface area contributed by atoms with E-state index in [4.69, 9.17) is 26.7 Å². The summed E-state index contributed by atoms with van der Waals surface area (Å²) in [5, 5.41) is 32.0. The molecule has 0 aromatic carbocycles. The van der Waals surface area contributed by atoms with Gasteiger partial charge in [-0.25, -0.2) is 0 Å². The number of aliphatic imine (C=N–C) groups is 1. The molecule has 11 nitrogen and oxygen atoms in total. The van der Waals surface area contributed by atoms with Crippen molar-refractivity contribution < 1.29 is 29.6 Å². The fourth-order valence-electron chi connectivity index (χ4n) is 2.44. The van der Waals surface area contributed by atoms with Crippen LogP contribution in [0.5, 0.6) is 0 Å². The maximum Gasteiger partial charge on any atom is 0.239 e. The summed E-state index contributed by atoms with van der Waals surface area (Å²) in [4.78, 5) is 16.1. The Morgan fingerprint density at radius 1 is 1.28 bits per heavy atom. The van der Waals surface area contributed by atoms with Crippen LogP contribution >= 0.6 is 0 Å². The Balaban J connectivity index is 2.52. The lowest BCUT2D eigenvalue weighted by atomic mass is 9.95. The van der Waals surface area contributed by atoms with Gasteiger partial charge in [0, 0.05) is 20.2 Å². The number of carbonyl (C=O) groups excluding carboxylic acids is 1. The van der Waals surface area contributed by atoms with E-state index >= 15 is 0 Å². The Hall–Kier alpha value is -1.50. The van der Waals surface area contributed by atoms with E-state index in [-0.39, 0.29) is 12.5 Å². The molecule has 11 heteroatoms. The molecule has 10 N–H and O–H groups in total. The van der Waals surface area contributed by atoms with Crippen LogP contribution in [-0.4, -0.2) is 83.6 Å². The summed E-state index contributed by atoms with van der Waals surface area (Å²) < 4.78 is 10.2. The maximum absolute atomic E-state index is 12.2. The van der Waals surface area contributed by atoms with Crippen molar-refractivity contribution in [2.45, 2.75) is 56.0 Å². The molecular weight excluding hydrogens is 334 g/mol. The molecule has 0 saturated carbocycles. The van der Waals surface area contributed by atoms with Gasteiger partial charge in [-0.05, 0) is 19.8 Å². The predicted octanol–water partition coefficient (Wildman–Crippen LogP) is -3.67. The zero-order valence-electron chi connectivity index (χ0n) is 14.5. The summed E-state index contributed by atoms with van der Waals surface area (Å²) in [6.45, 7) is 1.81. The molecule has 0 spiro atoms. The zero-order chi connectivity index (χ0) is 19.2. The molecule has 6 atom stereocenters. The molecule has 1 rings (SSSR count). The Morgan fingerprint density at radius 3 is 2.48 bits per heavy atom. The summed E-state index contributed by atoms with van der Waals surface area (Å²) in [6.07, 6.45) is -5.43. The van der Waals surface area contributed by atoms with Crippen LogP contribution in [0.15, 0.2) is 4.99 Å². The Kier molecular flexibility index (Phi) is 7.99. The first-order chi connectivity index (χ1) is 11.6. The molecule has 1 aliphatic heterocycles. The summed E-state index contributed by atoms with van der Waals surface area (Å²) in [6, 6.07) is 0. The van der Waals surface area contributed by atoms with Crippen molar-refractivity contribution in [3.05, 3.63) is 0 Å². The zero-order valence-corrected chi connectivity index (χ0v) is 14.5. The predicted molar refractivity (Wildman–Crippen MR) is 89.2 cm³/mol. The van der Waals surface area contributed by atoms with E-state index in [9.17, 15) is 20.1 Å². The first-order valence-electron chi connectivity index (χ1n) is 7.95. The second-order valence-electron chi connectivity index (χ2n) is 6.29. The van der Waals surface area contributed by atoms with Gasteiger partial charge in [-0.15, -0.1) is 0 Å². The van der Waals surface area contributed by atoms with Crippen LogP contribution in [0.1, 0.15) is 19.8 Å². The third kappa shape index (κ3) is 6.06. The fourth-order valence-corrected chi connectivity index (χ4v) is 2.44. The number of guanidine groups is 1. The Labute approximate surface area is 146 Å². The van der Waals surface area contributed by atoms with Crippen LogP contribution in [0.3, 0.4) is 0 Å². The van der Waals surface area contributed by atoms with Gasteiger partial charge in [-0.3, -0.25) is 9.79 Å². The minimum Gasteiger partial charge on any atom is -0.388 e. The lowest BCUT2D eigenvalue weighted by molar-refractivity contribution is -0.288. The summed E-state index contributed by atoms with van der Waals surface area (Å²) in [7, 11) is 1.29. The SMILES string of the molecule is CO[C@@H]1OC(CNC(=O)[C@@](C)(N)CCCN=C(N)N)C(O)[C@H](O)[C@@H]1O. The van der Waals surface area contributed by atoms with Gasteiger partial charge in [-0.1, -0.05) is 0 Å². The molecule has 0 bridgehead atoms. The highest BCUT2D eigenvalue weighted by Gasteiger charge is 2.44. The lowest BCUT2D eigenvalue weighted by Crippen LogP contribution is -2.61. The largest absolute Gasteiger partial charge is 0.388 e. The smallest absolute Gasteiger partial charge is 0.239 e. The topological polar surface area (TPSA) is 199 Å². The van der Waals surface area contributed by atoms with E-state index in [0.29, 0.717) is 19.4 Å². The van der Waals surface area contributed by atoms with E-state index in [2.05, 4.69) is 10.3 Å². The third-order valence-corrected chi connectivity index (χ3v) is 4.03. The van der Waals surface area contributed by atoms with Crippen LogP contribution in [0.2, 0.25) is 0 Å². The highest BCUT2D eigenvalue weighted by Crippen LogP contribution is 2.21. The fraction of sp³-hybridized carbons (Fsp3) is 0.857. The number of amides is 1. The standard InChI is InChI=1S/C14H29N5O6/c1-14(17,4-3-5-18-13(15)16)12(23)19-6-7-8(20)9(21)10(22)11(24-2)25-7/h7-11,20-22H,3-6,17H2,1-2H3,(H,19,23)(H4,15,16,18)/t7?,8?,9-,10-,11+,14-/m0/s1. The van der Waals surface area contributed by atoms with Crippen molar-refractivity contribution in [1.29, 1.82) is 0 Å². The molecule has 2 unspecified atom stereocenters. The van der Waals surface area contributed by atoms with Crippen molar-refractivity contribution >= 4 is 11.9 Å². The molecular formula is C14H29N5O6. The van der Waals surface area contributed by atoms with Gasteiger partial charge in [0.25, 0.3) is 0 Å². The number of methoxy groups -OCH3 is 1. The van der Waals surface area contributed by atoms with Crippen molar-refractivity contribution in [3.63, 3.8) is 0 Å². The minimum atomic E-state index is -1.45. The first kappa shape index (κ1) is 21.5. The summed E-state index contributed by atoms with van der Waals surface area (Å²) in [5.41, 5.74) is 15.3. The number of hydrogen-bond acceptors (Lipinski definition) is 8. The number of nitrogens with two attached hydrogens (primary N) is 3. The third-order valence-electron chi connectivity index (χ3n) is 4.03. The van der Waals surface area contributed by atoms with Crippen molar-refractivity contribution in [3.8, 4) is 0 Å². The summed E-state index contributed by atoms with van der Waals surface area (Å²) >= 11 is 0. The number of nitrogens with one attached hydrogen (secondary N) is 1. The van der Waals surface area contributed by atoms with Gasteiger partial charge < -0.3 is 47.3 Å².